The average molecular weight is 301 g/mol. The lowest BCUT2D eigenvalue weighted by Crippen LogP contribution is -2.26. The quantitative estimate of drug-likeness (QED) is 0.670. The Morgan fingerprint density at radius 3 is 2.73 bits per heavy atom. The van der Waals surface area contributed by atoms with E-state index in [9.17, 15) is 9.59 Å². The maximum absolute atomic E-state index is 12.1. The van der Waals surface area contributed by atoms with Crippen LogP contribution in [-0.4, -0.2) is 25.6 Å². The van der Waals surface area contributed by atoms with Crippen LogP contribution in [0.15, 0.2) is 36.4 Å². The number of allylic oxidation sites excluding steroid dienone is 2. The maximum atomic E-state index is 12.1. The summed E-state index contributed by atoms with van der Waals surface area (Å²) in [6, 6.07) is 7.10. The number of para-hydroxylation sites is 2. The number of methoxy groups -OCH3 is 1. The van der Waals surface area contributed by atoms with E-state index >= 15 is 0 Å². The second-order valence-corrected chi connectivity index (χ2v) is 5.74. The van der Waals surface area contributed by atoms with Crippen LogP contribution in [0.4, 0.5) is 5.69 Å². The van der Waals surface area contributed by atoms with E-state index in [-0.39, 0.29) is 30.3 Å². The molecule has 22 heavy (non-hydrogen) atoms. The highest BCUT2D eigenvalue weighted by molar-refractivity contribution is 5.94. The van der Waals surface area contributed by atoms with Gasteiger partial charge in [0.25, 0.3) is 5.91 Å². The van der Waals surface area contributed by atoms with Gasteiger partial charge in [-0.1, -0.05) is 24.3 Å². The van der Waals surface area contributed by atoms with Gasteiger partial charge in [0.15, 0.2) is 6.61 Å². The van der Waals surface area contributed by atoms with Gasteiger partial charge in [0.05, 0.1) is 18.7 Å². The zero-order valence-corrected chi connectivity index (χ0v) is 12.5. The molecule has 1 N–H and O–H groups in total. The average Bonchev–Trinajstić information content (AvgIpc) is 3.16. The molecule has 0 aromatic heterocycles. The molecule has 0 heterocycles. The zero-order valence-electron chi connectivity index (χ0n) is 12.5. The number of hydrogen-bond donors (Lipinski definition) is 1. The van der Waals surface area contributed by atoms with E-state index in [1.165, 1.54) is 7.11 Å². The number of ether oxygens (including phenoxy) is 2. The van der Waals surface area contributed by atoms with Crippen LogP contribution in [-0.2, 0) is 14.3 Å². The number of amides is 1. The Bertz CT molecular complexity index is 610. The number of carbonyl (C=O) groups is 2. The summed E-state index contributed by atoms with van der Waals surface area (Å²) in [7, 11) is 1.54. The first-order chi connectivity index (χ1) is 10.7. The Kier molecular flexibility index (Phi) is 4.13. The first-order valence-electron chi connectivity index (χ1n) is 7.45. The number of fused-ring (bicyclic) bond motifs is 2. The van der Waals surface area contributed by atoms with Crippen molar-refractivity contribution in [1.29, 1.82) is 0 Å². The van der Waals surface area contributed by atoms with Gasteiger partial charge in [0.1, 0.15) is 5.75 Å². The number of anilines is 1. The van der Waals surface area contributed by atoms with Crippen LogP contribution in [0.2, 0.25) is 0 Å². The van der Waals surface area contributed by atoms with E-state index in [1.54, 1.807) is 18.2 Å². The Morgan fingerprint density at radius 2 is 2.05 bits per heavy atom. The molecule has 0 radical (unpaired) electrons. The second kappa shape index (κ2) is 6.22. The summed E-state index contributed by atoms with van der Waals surface area (Å²) in [6.07, 6.45) is 6.14. The molecule has 2 aliphatic rings. The summed E-state index contributed by atoms with van der Waals surface area (Å²) >= 11 is 0. The van der Waals surface area contributed by atoms with Gasteiger partial charge in [-0.2, -0.15) is 0 Å². The summed E-state index contributed by atoms with van der Waals surface area (Å²) in [5.74, 6) is 0.637. The van der Waals surface area contributed by atoms with Crippen molar-refractivity contribution in [2.24, 2.45) is 17.8 Å². The standard InChI is InChI=1S/C17H19NO4/c1-21-15-5-3-2-4-14(15)18-16(19)10-22-17(20)13-9-11-6-7-12(13)8-11/h2-7,11-13H,8-10H2,1H3,(H,18,19)/t11-,12-,13-/m1/s1. The second-order valence-electron chi connectivity index (χ2n) is 5.74. The Labute approximate surface area is 129 Å². The molecule has 3 rings (SSSR count). The lowest BCUT2D eigenvalue weighted by Gasteiger charge is -2.16. The molecule has 116 valence electrons. The van der Waals surface area contributed by atoms with Crippen LogP contribution in [0.5, 0.6) is 5.75 Å². The lowest BCUT2D eigenvalue weighted by molar-refractivity contribution is -0.152. The van der Waals surface area contributed by atoms with Crippen molar-refractivity contribution in [3.05, 3.63) is 36.4 Å². The molecule has 2 aliphatic carbocycles. The summed E-state index contributed by atoms with van der Waals surface area (Å²) in [5.41, 5.74) is 0.564. The third kappa shape index (κ3) is 2.98. The predicted molar refractivity (Wildman–Crippen MR) is 81.4 cm³/mol. The molecule has 2 bridgehead atoms. The first kappa shape index (κ1) is 14.6. The fourth-order valence-corrected chi connectivity index (χ4v) is 3.23. The lowest BCUT2D eigenvalue weighted by atomic mass is 9.94. The molecule has 1 saturated carbocycles. The van der Waals surface area contributed by atoms with Crippen LogP contribution in [0.25, 0.3) is 0 Å². The van der Waals surface area contributed by atoms with Crippen molar-refractivity contribution in [1.82, 2.24) is 0 Å². The normalized spacial score (nSPS) is 25.0. The fraction of sp³-hybridized carbons (Fsp3) is 0.412. The van der Waals surface area contributed by atoms with E-state index < -0.39 is 0 Å². The highest BCUT2D eigenvalue weighted by Gasteiger charge is 2.40. The minimum Gasteiger partial charge on any atom is -0.495 e. The Morgan fingerprint density at radius 1 is 1.23 bits per heavy atom. The molecule has 1 amide bonds. The van der Waals surface area contributed by atoms with Crippen molar-refractivity contribution in [3.63, 3.8) is 0 Å². The van der Waals surface area contributed by atoms with Crippen molar-refractivity contribution < 1.29 is 19.1 Å². The van der Waals surface area contributed by atoms with E-state index in [0.717, 1.165) is 12.8 Å². The number of hydrogen-bond acceptors (Lipinski definition) is 4. The van der Waals surface area contributed by atoms with Crippen molar-refractivity contribution in [2.75, 3.05) is 19.0 Å². The number of nitrogens with one attached hydrogen (secondary N) is 1. The third-order valence-corrected chi connectivity index (χ3v) is 4.31. The van der Waals surface area contributed by atoms with Crippen LogP contribution < -0.4 is 10.1 Å². The topological polar surface area (TPSA) is 64.6 Å². The summed E-state index contributed by atoms with van der Waals surface area (Å²) in [6.45, 7) is -0.269. The van der Waals surface area contributed by atoms with Gasteiger partial charge < -0.3 is 14.8 Å². The van der Waals surface area contributed by atoms with Gasteiger partial charge in [-0.3, -0.25) is 9.59 Å². The molecule has 1 fully saturated rings. The van der Waals surface area contributed by atoms with Crippen molar-refractivity contribution in [3.8, 4) is 5.75 Å². The monoisotopic (exact) mass is 301 g/mol. The third-order valence-electron chi connectivity index (χ3n) is 4.31. The van der Waals surface area contributed by atoms with Gasteiger partial charge in [-0.15, -0.1) is 0 Å². The van der Waals surface area contributed by atoms with Crippen LogP contribution >= 0.6 is 0 Å². The molecule has 0 aliphatic heterocycles. The summed E-state index contributed by atoms with van der Waals surface area (Å²) < 4.78 is 10.3. The molecular weight excluding hydrogens is 282 g/mol. The molecule has 5 nitrogen and oxygen atoms in total. The SMILES string of the molecule is COc1ccccc1NC(=O)COC(=O)[C@@H]1C[C@@H]2C=C[C@@H]1C2. The van der Waals surface area contributed by atoms with E-state index in [1.807, 2.05) is 6.07 Å². The molecule has 0 unspecified atom stereocenters. The van der Waals surface area contributed by atoms with E-state index in [4.69, 9.17) is 9.47 Å². The molecule has 1 aromatic carbocycles. The van der Waals surface area contributed by atoms with Gasteiger partial charge in [-0.05, 0) is 36.8 Å². The highest BCUT2D eigenvalue weighted by atomic mass is 16.5. The largest absolute Gasteiger partial charge is 0.495 e. The van der Waals surface area contributed by atoms with Crippen LogP contribution in [0, 0.1) is 17.8 Å². The van der Waals surface area contributed by atoms with Gasteiger partial charge in [0, 0.05) is 0 Å². The smallest absolute Gasteiger partial charge is 0.310 e. The van der Waals surface area contributed by atoms with Crippen molar-refractivity contribution in [2.45, 2.75) is 12.8 Å². The molecule has 0 spiro atoms. The Hall–Kier alpha value is -2.30. The molecular formula is C17H19NO4. The van der Waals surface area contributed by atoms with Crippen molar-refractivity contribution >= 4 is 17.6 Å². The minimum atomic E-state index is -0.364. The van der Waals surface area contributed by atoms with E-state index in [2.05, 4.69) is 17.5 Å². The molecule has 3 atom stereocenters. The summed E-state index contributed by atoms with van der Waals surface area (Å²) in [5, 5.41) is 2.69. The highest BCUT2D eigenvalue weighted by Crippen LogP contribution is 2.43. The maximum Gasteiger partial charge on any atom is 0.310 e. The molecule has 0 saturated heterocycles. The number of rotatable bonds is 5. The van der Waals surface area contributed by atoms with Gasteiger partial charge in [-0.25, -0.2) is 0 Å². The number of carbonyl (C=O) groups excluding carboxylic acids is 2. The number of esters is 1. The van der Waals surface area contributed by atoms with Crippen LogP contribution in [0.1, 0.15) is 12.8 Å². The Balaban J connectivity index is 1.50. The fourth-order valence-electron chi connectivity index (χ4n) is 3.23. The van der Waals surface area contributed by atoms with Gasteiger partial charge >= 0.3 is 5.97 Å². The first-order valence-corrected chi connectivity index (χ1v) is 7.45. The molecule has 5 heteroatoms. The van der Waals surface area contributed by atoms with Crippen LogP contribution in [0.3, 0.4) is 0 Å². The van der Waals surface area contributed by atoms with E-state index in [0.29, 0.717) is 17.4 Å². The summed E-state index contributed by atoms with van der Waals surface area (Å²) in [4.78, 5) is 24.0. The minimum absolute atomic E-state index is 0.0888. The zero-order chi connectivity index (χ0) is 15.5. The van der Waals surface area contributed by atoms with Gasteiger partial charge in [0.2, 0.25) is 0 Å². The number of benzene rings is 1. The molecule has 1 aromatic rings. The predicted octanol–water partition coefficient (Wildman–Crippen LogP) is 2.39.